The normalized spacial score (nSPS) is 12.0. The van der Waals surface area contributed by atoms with E-state index in [0.29, 0.717) is 24.8 Å². The summed E-state index contributed by atoms with van der Waals surface area (Å²) in [5.41, 5.74) is 3.87. The number of benzene rings is 2. The number of rotatable bonds is 10. The molecule has 0 aromatic heterocycles. The number of aliphatic hydroxyl groups excluding tert-OH is 1. The first-order chi connectivity index (χ1) is 16.2. The third kappa shape index (κ3) is 6.08. The van der Waals surface area contributed by atoms with Crippen LogP contribution in [0.2, 0.25) is 0 Å². The van der Waals surface area contributed by atoms with Crippen molar-refractivity contribution in [2.24, 2.45) is 11.0 Å². The molecule has 0 saturated carbocycles. The van der Waals surface area contributed by atoms with E-state index in [9.17, 15) is 19.1 Å². The number of halogens is 1. The van der Waals surface area contributed by atoms with E-state index >= 15 is 0 Å². The molecule has 0 aliphatic carbocycles. The minimum Gasteiger partial charge on any atom is -0.388 e. The second-order valence-corrected chi connectivity index (χ2v) is 8.23. The van der Waals surface area contributed by atoms with Gasteiger partial charge in [0.1, 0.15) is 12.4 Å². The van der Waals surface area contributed by atoms with Crippen molar-refractivity contribution >= 4 is 35.5 Å². The lowest BCUT2D eigenvalue weighted by molar-refractivity contribution is -0.114. The number of amides is 1. The van der Waals surface area contributed by atoms with E-state index in [1.165, 1.54) is 23.0 Å². The fraction of sp³-hybridized carbons (Fsp3) is 0.346. The Kier molecular flexibility index (Phi) is 9.50. The molecule has 0 unspecified atom stereocenters. The number of aryl methyl sites for hydroxylation is 1. The fourth-order valence-electron chi connectivity index (χ4n) is 3.66. The number of amidine groups is 1. The summed E-state index contributed by atoms with van der Waals surface area (Å²) in [7, 11) is 3.45. The number of carbonyl (C=O) groups excluding carboxylic acids is 2. The second kappa shape index (κ2) is 12.1. The first-order valence-corrected chi connectivity index (χ1v) is 11.1. The summed E-state index contributed by atoms with van der Waals surface area (Å²) < 4.78 is 15.0. The maximum Gasteiger partial charge on any atom is 0.215 e. The second-order valence-electron chi connectivity index (χ2n) is 8.23. The van der Waals surface area contributed by atoms with E-state index in [-0.39, 0.29) is 23.0 Å². The highest BCUT2D eigenvalue weighted by molar-refractivity contribution is 5.92. The first-order valence-electron chi connectivity index (χ1n) is 11.1. The molecule has 1 N–H and O–H groups in total. The molecule has 0 fully saturated rings. The Morgan fingerprint density at radius 1 is 1.15 bits per heavy atom. The van der Waals surface area contributed by atoms with Gasteiger partial charge in [0.05, 0.1) is 5.69 Å². The maximum atomic E-state index is 15.0. The van der Waals surface area contributed by atoms with E-state index in [0.717, 1.165) is 16.8 Å². The first kappa shape index (κ1) is 26.7. The van der Waals surface area contributed by atoms with Gasteiger partial charge in [-0.1, -0.05) is 32.0 Å². The SMILES string of the molecule is CCN(C=O)/C(CO)=N\N(C)c1cc(/C(=C\N(C)c2ccccc2C)C(C)C)c(C=O)cc1F. The van der Waals surface area contributed by atoms with Crippen LogP contribution in [-0.2, 0) is 4.79 Å². The molecule has 182 valence electrons. The van der Waals surface area contributed by atoms with Crippen LogP contribution in [-0.4, -0.2) is 55.8 Å². The fourth-order valence-corrected chi connectivity index (χ4v) is 3.66. The van der Waals surface area contributed by atoms with Gasteiger partial charge in [0.15, 0.2) is 12.1 Å². The maximum absolute atomic E-state index is 15.0. The van der Waals surface area contributed by atoms with Crippen molar-refractivity contribution in [1.29, 1.82) is 0 Å². The van der Waals surface area contributed by atoms with Gasteiger partial charge in [-0.25, -0.2) is 4.39 Å². The molecule has 34 heavy (non-hydrogen) atoms. The lowest BCUT2D eigenvalue weighted by atomic mass is 9.91. The monoisotopic (exact) mass is 468 g/mol. The molecule has 8 heteroatoms. The molecule has 0 atom stereocenters. The Labute approximate surface area is 200 Å². The van der Waals surface area contributed by atoms with Crippen molar-refractivity contribution in [1.82, 2.24) is 4.90 Å². The van der Waals surface area contributed by atoms with Crippen LogP contribution in [0.1, 0.15) is 42.3 Å². The Bertz CT molecular complexity index is 1080. The van der Waals surface area contributed by atoms with Crippen LogP contribution in [0, 0.1) is 18.7 Å². The number of nitrogens with zero attached hydrogens (tertiary/aromatic N) is 4. The van der Waals surface area contributed by atoms with Crippen LogP contribution < -0.4 is 9.91 Å². The van der Waals surface area contributed by atoms with Gasteiger partial charge < -0.3 is 10.0 Å². The predicted octanol–water partition coefficient (Wildman–Crippen LogP) is 4.30. The largest absolute Gasteiger partial charge is 0.388 e. The Hall–Kier alpha value is -3.52. The molecule has 0 radical (unpaired) electrons. The van der Waals surface area contributed by atoms with Crippen molar-refractivity contribution in [3.05, 3.63) is 65.1 Å². The molecule has 0 aliphatic rings. The highest BCUT2D eigenvalue weighted by Gasteiger charge is 2.19. The van der Waals surface area contributed by atoms with Gasteiger partial charge >= 0.3 is 0 Å². The van der Waals surface area contributed by atoms with E-state index < -0.39 is 12.4 Å². The zero-order valence-corrected chi connectivity index (χ0v) is 20.6. The zero-order valence-electron chi connectivity index (χ0n) is 20.6. The van der Waals surface area contributed by atoms with E-state index in [4.69, 9.17) is 0 Å². The van der Waals surface area contributed by atoms with Crippen molar-refractivity contribution in [3.8, 4) is 0 Å². The third-order valence-corrected chi connectivity index (χ3v) is 5.56. The average Bonchev–Trinajstić information content (AvgIpc) is 2.82. The van der Waals surface area contributed by atoms with Crippen LogP contribution in [0.5, 0.6) is 0 Å². The van der Waals surface area contributed by atoms with Crippen LogP contribution in [0.4, 0.5) is 15.8 Å². The summed E-state index contributed by atoms with van der Waals surface area (Å²) in [6, 6.07) is 10.7. The Balaban J connectivity index is 2.63. The lowest BCUT2D eigenvalue weighted by Crippen LogP contribution is -2.34. The number of anilines is 2. The van der Waals surface area contributed by atoms with E-state index in [1.807, 2.05) is 63.2 Å². The van der Waals surface area contributed by atoms with Gasteiger partial charge in [0, 0.05) is 38.1 Å². The number of aldehydes is 1. The van der Waals surface area contributed by atoms with Crippen molar-refractivity contribution in [3.63, 3.8) is 0 Å². The van der Waals surface area contributed by atoms with E-state index in [1.54, 1.807) is 13.0 Å². The van der Waals surface area contributed by atoms with Crippen LogP contribution in [0.3, 0.4) is 0 Å². The minimum absolute atomic E-state index is 0.0240. The van der Waals surface area contributed by atoms with Crippen molar-refractivity contribution in [2.75, 3.05) is 37.2 Å². The van der Waals surface area contributed by atoms with Crippen LogP contribution in [0.15, 0.2) is 47.7 Å². The smallest absolute Gasteiger partial charge is 0.215 e. The number of likely N-dealkylation sites (N-methyl/N-ethyl adjacent to an activating group) is 1. The van der Waals surface area contributed by atoms with Gasteiger partial charge in [0.25, 0.3) is 0 Å². The number of carbonyl (C=O) groups is 2. The quantitative estimate of drug-likeness (QED) is 0.244. The van der Waals surface area contributed by atoms with Crippen LogP contribution in [0.25, 0.3) is 5.57 Å². The number of para-hydroxylation sites is 1. The standard InChI is InChI=1S/C26H33FN4O3/c1-7-31(17-34)26(16-33)28-30(6)25-13-21(20(15-32)12-23(25)27)22(18(2)3)14-29(5)24-11-9-8-10-19(24)4/h8-15,17-18,33H,7,16H2,1-6H3/b22-14-,28-26-. The van der Waals surface area contributed by atoms with Gasteiger partial charge in [-0.2, -0.15) is 5.10 Å². The van der Waals surface area contributed by atoms with Crippen LogP contribution >= 0.6 is 0 Å². The molecule has 0 saturated heterocycles. The van der Waals surface area contributed by atoms with Gasteiger partial charge in [0.2, 0.25) is 6.41 Å². The predicted molar refractivity (Wildman–Crippen MR) is 136 cm³/mol. The molecule has 2 aromatic rings. The van der Waals surface area contributed by atoms with Crippen molar-refractivity contribution < 1.29 is 19.1 Å². The topological polar surface area (TPSA) is 76.5 Å². The van der Waals surface area contributed by atoms with E-state index in [2.05, 4.69) is 5.10 Å². The molecule has 7 nitrogen and oxygen atoms in total. The summed E-state index contributed by atoms with van der Waals surface area (Å²) in [6.45, 7) is 7.58. The van der Waals surface area contributed by atoms with Gasteiger partial charge in [-0.15, -0.1) is 0 Å². The average molecular weight is 469 g/mol. The number of allylic oxidation sites excluding steroid dienone is 1. The number of aliphatic hydroxyl groups is 1. The summed E-state index contributed by atoms with van der Waals surface area (Å²) >= 11 is 0. The lowest BCUT2D eigenvalue weighted by Gasteiger charge is -2.24. The molecule has 2 rings (SSSR count). The number of hydrogen-bond acceptors (Lipinski definition) is 6. The summed E-state index contributed by atoms with van der Waals surface area (Å²) in [6.07, 6.45) is 3.14. The number of hydrazone groups is 1. The van der Waals surface area contributed by atoms with Crippen molar-refractivity contribution in [2.45, 2.75) is 27.7 Å². The molecule has 1 amide bonds. The summed E-state index contributed by atoms with van der Waals surface area (Å²) in [5, 5.41) is 15.1. The highest BCUT2D eigenvalue weighted by atomic mass is 19.1. The minimum atomic E-state index is -0.640. The third-order valence-electron chi connectivity index (χ3n) is 5.56. The molecule has 0 heterocycles. The molecule has 0 aliphatic heterocycles. The molecule has 2 aromatic carbocycles. The zero-order chi connectivity index (χ0) is 25.4. The molecular weight excluding hydrogens is 435 g/mol. The number of hydrogen-bond donors (Lipinski definition) is 1. The highest BCUT2D eigenvalue weighted by Crippen LogP contribution is 2.33. The Morgan fingerprint density at radius 3 is 2.35 bits per heavy atom. The molecule has 0 spiro atoms. The summed E-state index contributed by atoms with van der Waals surface area (Å²) in [4.78, 5) is 26.3. The van der Waals surface area contributed by atoms with Gasteiger partial charge in [-0.05, 0) is 54.7 Å². The summed E-state index contributed by atoms with van der Waals surface area (Å²) in [5.74, 6) is -0.533. The van der Waals surface area contributed by atoms with Gasteiger partial charge in [-0.3, -0.25) is 19.5 Å². The molecular formula is C26H33FN4O3. The molecule has 0 bridgehead atoms. The Morgan fingerprint density at radius 2 is 1.82 bits per heavy atom.